The Bertz CT molecular complexity index is 1270. The van der Waals surface area contributed by atoms with E-state index in [1.807, 2.05) is 37.3 Å². The third kappa shape index (κ3) is 4.99. The summed E-state index contributed by atoms with van der Waals surface area (Å²) in [4.78, 5) is 27.3. The highest BCUT2D eigenvalue weighted by atomic mass is 35.5. The molecule has 1 aliphatic heterocycles. The van der Waals surface area contributed by atoms with Gasteiger partial charge < -0.3 is 19.5 Å². The van der Waals surface area contributed by atoms with Crippen molar-refractivity contribution in [1.82, 2.24) is 5.32 Å². The van der Waals surface area contributed by atoms with Crippen molar-refractivity contribution in [3.8, 4) is 11.5 Å². The quantitative estimate of drug-likeness (QED) is 0.456. The molecule has 7 heteroatoms. The molecule has 2 aromatic carbocycles. The Morgan fingerprint density at radius 2 is 1.62 bits per heavy atom. The highest BCUT2D eigenvalue weighted by molar-refractivity contribution is 6.30. The zero-order valence-electron chi connectivity index (χ0n) is 21.4. The number of carbonyl (C=O) groups is 2. The molecule has 1 N–H and O–H groups in total. The van der Waals surface area contributed by atoms with Crippen LogP contribution in [0.5, 0.6) is 11.5 Å². The van der Waals surface area contributed by atoms with Crippen LogP contribution < -0.4 is 14.8 Å². The van der Waals surface area contributed by atoms with Crippen LogP contribution in [0, 0.1) is 0 Å². The molecule has 2 unspecified atom stereocenters. The van der Waals surface area contributed by atoms with Gasteiger partial charge in [-0.25, -0.2) is 4.79 Å². The lowest BCUT2D eigenvalue weighted by atomic mass is 9.71. The molecule has 0 saturated heterocycles. The van der Waals surface area contributed by atoms with Gasteiger partial charge in [0.15, 0.2) is 17.3 Å². The number of hydrogen-bond donors (Lipinski definition) is 1. The zero-order valence-corrected chi connectivity index (χ0v) is 22.2. The first-order chi connectivity index (χ1) is 17.9. The Labute approximate surface area is 222 Å². The smallest absolute Gasteiger partial charge is 0.337 e. The lowest BCUT2D eigenvalue weighted by molar-refractivity contribution is -0.144. The van der Waals surface area contributed by atoms with Crippen LogP contribution in [0.15, 0.2) is 65.0 Å². The molecule has 2 aliphatic carbocycles. The number of dihydropyridines is 1. The van der Waals surface area contributed by atoms with E-state index in [9.17, 15) is 9.59 Å². The zero-order chi connectivity index (χ0) is 26.1. The Balaban J connectivity index is 1.52. The Morgan fingerprint density at radius 1 is 0.946 bits per heavy atom. The number of carbonyl (C=O) groups excluding carboxylic acids is 2. The summed E-state index contributed by atoms with van der Waals surface area (Å²) in [5, 5.41) is 4.03. The summed E-state index contributed by atoms with van der Waals surface area (Å²) in [5.74, 6) is 0.433. The van der Waals surface area contributed by atoms with Crippen LogP contribution in [0.1, 0.15) is 68.4 Å². The van der Waals surface area contributed by atoms with Crippen molar-refractivity contribution in [3.63, 3.8) is 0 Å². The molecule has 194 valence electrons. The van der Waals surface area contributed by atoms with E-state index in [-0.39, 0.29) is 23.8 Å². The van der Waals surface area contributed by atoms with E-state index >= 15 is 0 Å². The number of nitrogens with one attached hydrogen (secondary N) is 1. The average Bonchev–Trinajstić information content (AvgIpc) is 3.40. The fourth-order valence-electron chi connectivity index (χ4n) is 5.86. The normalized spacial score (nSPS) is 22.0. The second kappa shape index (κ2) is 10.6. The second-order valence-corrected chi connectivity index (χ2v) is 10.4. The van der Waals surface area contributed by atoms with Gasteiger partial charge in [0.05, 0.1) is 19.8 Å². The number of rotatable bonds is 6. The van der Waals surface area contributed by atoms with Crippen LogP contribution in [0.25, 0.3) is 0 Å². The first-order valence-corrected chi connectivity index (χ1v) is 13.2. The van der Waals surface area contributed by atoms with Crippen LogP contribution in [0.4, 0.5) is 0 Å². The van der Waals surface area contributed by atoms with Crippen molar-refractivity contribution in [2.24, 2.45) is 0 Å². The monoisotopic (exact) mass is 521 g/mol. The van der Waals surface area contributed by atoms with Gasteiger partial charge in [-0.15, -0.1) is 0 Å². The standard InChI is InChI=1S/C30H32ClNO5/c1-17-27(30(34)37-22-6-4-5-7-22)28(18-8-11-21(31)12-9-18)29-23(32-17)14-20(15-24(29)33)19-10-13-25(35-2)26(16-19)36-3/h8-13,16,20,22,28,32H,4-7,14-15H2,1-3H3. The van der Waals surface area contributed by atoms with Gasteiger partial charge >= 0.3 is 5.97 Å². The van der Waals surface area contributed by atoms with Gasteiger partial charge in [-0.1, -0.05) is 29.8 Å². The molecule has 0 radical (unpaired) electrons. The number of hydrogen-bond acceptors (Lipinski definition) is 6. The number of Topliss-reactive ketones (excluding diaryl/α,β-unsaturated/α-hetero) is 1. The van der Waals surface area contributed by atoms with Crippen LogP contribution in [0.2, 0.25) is 5.02 Å². The molecular formula is C30H32ClNO5. The largest absolute Gasteiger partial charge is 0.493 e. The van der Waals surface area contributed by atoms with Crippen molar-refractivity contribution >= 4 is 23.4 Å². The molecule has 0 spiro atoms. The molecule has 5 rings (SSSR count). The van der Waals surface area contributed by atoms with Crippen molar-refractivity contribution in [2.75, 3.05) is 14.2 Å². The maximum atomic E-state index is 13.8. The minimum Gasteiger partial charge on any atom is -0.493 e. The predicted octanol–water partition coefficient (Wildman–Crippen LogP) is 6.20. The van der Waals surface area contributed by atoms with Crippen molar-refractivity contribution < 1.29 is 23.8 Å². The number of methoxy groups -OCH3 is 2. The van der Waals surface area contributed by atoms with E-state index in [0.717, 1.165) is 48.2 Å². The van der Waals surface area contributed by atoms with E-state index in [2.05, 4.69) is 5.32 Å². The number of esters is 1. The SMILES string of the molecule is COc1ccc(C2CC(=O)C3=C(C2)NC(C)=C(C(=O)OC2CCCC2)C3c2ccc(Cl)cc2)cc1OC. The van der Waals surface area contributed by atoms with E-state index in [1.54, 1.807) is 26.4 Å². The van der Waals surface area contributed by atoms with E-state index in [4.69, 9.17) is 25.8 Å². The summed E-state index contributed by atoms with van der Waals surface area (Å²) < 4.78 is 16.8. The first-order valence-electron chi connectivity index (χ1n) is 12.8. The summed E-state index contributed by atoms with van der Waals surface area (Å²) >= 11 is 6.18. The summed E-state index contributed by atoms with van der Waals surface area (Å²) in [6, 6.07) is 13.2. The molecule has 3 aliphatic rings. The van der Waals surface area contributed by atoms with Gasteiger partial charge in [0.25, 0.3) is 0 Å². The summed E-state index contributed by atoms with van der Waals surface area (Å²) in [6.45, 7) is 1.89. The Morgan fingerprint density at radius 3 is 2.30 bits per heavy atom. The minimum atomic E-state index is -0.499. The number of benzene rings is 2. The molecule has 0 aromatic heterocycles. The van der Waals surface area contributed by atoms with Gasteiger partial charge in [0.2, 0.25) is 0 Å². The lowest BCUT2D eigenvalue weighted by Crippen LogP contribution is -2.36. The molecule has 6 nitrogen and oxygen atoms in total. The van der Waals surface area contributed by atoms with Crippen LogP contribution in [0.3, 0.4) is 0 Å². The van der Waals surface area contributed by atoms with Crippen molar-refractivity contribution in [1.29, 1.82) is 0 Å². The summed E-state index contributed by atoms with van der Waals surface area (Å²) in [7, 11) is 3.21. The van der Waals surface area contributed by atoms with Crippen LogP contribution in [-0.4, -0.2) is 32.1 Å². The molecule has 1 saturated carbocycles. The molecule has 0 amide bonds. The number of halogens is 1. The molecule has 2 aromatic rings. The molecule has 1 fully saturated rings. The number of allylic oxidation sites excluding steroid dienone is 3. The fourth-order valence-corrected chi connectivity index (χ4v) is 5.99. The highest BCUT2D eigenvalue weighted by Gasteiger charge is 2.42. The van der Waals surface area contributed by atoms with E-state index < -0.39 is 5.92 Å². The molecule has 2 atom stereocenters. The third-order valence-electron chi connectivity index (χ3n) is 7.71. The fraction of sp³-hybridized carbons (Fsp3) is 0.400. The molecular weight excluding hydrogens is 490 g/mol. The van der Waals surface area contributed by atoms with Gasteiger partial charge in [-0.2, -0.15) is 0 Å². The summed E-state index contributed by atoms with van der Waals surface area (Å²) in [6.07, 6.45) is 4.83. The number of ketones is 1. The average molecular weight is 522 g/mol. The molecule has 1 heterocycles. The van der Waals surface area contributed by atoms with Gasteiger partial charge in [-0.05, 0) is 80.3 Å². The topological polar surface area (TPSA) is 73.9 Å². The van der Waals surface area contributed by atoms with E-state index in [1.165, 1.54) is 0 Å². The minimum absolute atomic E-state index is 0.0205. The summed E-state index contributed by atoms with van der Waals surface area (Å²) in [5.41, 5.74) is 4.59. The van der Waals surface area contributed by atoms with E-state index in [0.29, 0.717) is 40.5 Å². The highest BCUT2D eigenvalue weighted by Crippen LogP contribution is 2.47. The van der Waals surface area contributed by atoms with Crippen molar-refractivity contribution in [2.45, 2.75) is 63.4 Å². The lowest BCUT2D eigenvalue weighted by Gasteiger charge is -2.37. The van der Waals surface area contributed by atoms with Gasteiger partial charge in [0.1, 0.15) is 6.10 Å². The third-order valence-corrected chi connectivity index (χ3v) is 7.96. The van der Waals surface area contributed by atoms with Gasteiger partial charge in [-0.3, -0.25) is 4.79 Å². The maximum Gasteiger partial charge on any atom is 0.337 e. The van der Waals surface area contributed by atoms with Crippen LogP contribution >= 0.6 is 11.6 Å². The number of ether oxygens (including phenoxy) is 3. The molecule has 37 heavy (non-hydrogen) atoms. The maximum absolute atomic E-state index is 13.8. The van der Waals surface area contributed by atoms with Crippen molar-refractivity contribution in [3.05, 3.63) is 81.2 Å². The first kappa shape index (κ1) is 25.4. The Hall–Kier alpha value is -3.25. The van der Waals surface area contributed by atoms with Gasteiger partial charge in [0, 0.05) is 34.3 Å². The Kier molecular flexibility index (Phi) is 7.29. The predicted molar refractivity (Wildman–Crippen MR) is 142 cm³/mol. The molecule has 0 bridgehead atoms. The second-order valence-electron chi connectivity index (χ2n) is 10.00. The van der Waals surface area contributed by atoms with Crippen LogP contribution in [-0.2, 0) is 14.3 Å².